The Morgan fingerprint density at radius 1 is 1.37 bits per heavy atom. The molecule has 0 bridgehead atoms. The SMILES string of the molecule is C[C@H](N)C(=O)N(C(=O)[C@@H]1CCCN1Cc1cc(Cl)ccc1CCN)C1=CC=CCN1. The van der Waals surface area contributed by atoms with Gasteiger partial charge in [-0.25, -0.2) is 4.90 Å². The first-order valence-electron chi connectivity index (χ1n) is 10.4. The number of imide groups is 1. The van der Waals surface area contributed by atoms with Gasteiger partial charge in [-0.15, -0.1) is 0 Å². The molecular formula is C22H30ClN5O2. The van der Waals surface area contributed by atoms with Crippen LogP contribution in [0.2, 0.25) is 5.02 Å². The predicted octanol–water partition coefficient (Wildman–Crippen LogP) is 1.51. The van der Waals surface area contributed by atoms with Crippen molar-refractivity contribution in [1.82, 2.24) is 15.1 Å². The van der Waals surface area contributed by atoms with E-state index in [1.807, 2.05) is 30.4 Å². The van der Waals surface area contributed by atoms with Crippen molar-refractivity contribution in [2.24, 2.45) is 11.5 Å². The Bertz CT molecular complexity index is 852. The number of halogens is 1. The fraction of sp³-hybridized carbons (Fsp3) is 0.455. The summed E-state index contributed by atoms with van der Waals surface area (Å²) in [5.41, 5.74) is 13.8. The van der Waals surface area contributed by atoms with Crippen molar-refractivity contribution in [3.05, 3.63) is 58.4 Å². The van der Waals surface area contributed by atoms with Crippen LogP contribution in [0.5, 0.6) is 0 Å². The zero-order chi connectivity index (χ0) is 21.7. The molecule has 8 heteroatoms. The second kappa shape index (κ2) is 10.2. The van der Waals surface area contributed by atoms with Gasteiger partial charge in [0.05, 0.1) is 12.1 Å². The lowest BCUT2D eigenvalue weighted by atomic mass is 10.0. The minimum atomic E-state index is -0.776. The standard InChI is InChI=1S/C22H30ClN5O2/c1-15(25)21(29)28(20-6-2-3-11-26-20)22(30)19-5-4-12-27(19)14-17-13-18(23)8-7-16(17)9-10-24/h2-3,6-8,13,15,19,26H,4-5,9-12,14,24-25H2,1H3/t15-,19-/m0/s1. The maximum absolute atomic E-state index is 13.5. The molecule has 162 valence electrons. The van der Waals surface area contributed by atoms with Crippen molar-refractivity contribution in [1.29, 1.82) is 0 Å². The smallest absolute Gasteiger partial charge is 0.252 e. The second-order valence-electron chi connectivity index (χ2n) is 7.74. The van der Waals surface area contributed by atoms with Crippen LogP contribution < -0.4 is 16.8 Å². The van der Waals surface area contributed by atoms with Crippen molar-refractivity contribution < 1.29 is 9.59 Å². The van der Waals surface area contributed by atoms with Gasteiger partial charge in [0.1, 0.15) is 5.82 Å². The van der Waals surface area contributed by atoms with Crippen molar-refractivity contribution in [3.63, 3.8) is 0 Å². The Morgan fingerprint density at radius 2 is 2.17 bits per heavy atom. The predicted molar refractivity (Wildman–Crippen MR) is 118 cm³/mol. The van der Waals surface area contributed by atoms with E-state index in [0.717, 1.165) is 30.5 Å². The van der Waals surface area contributed by atoms with E-state index in [0.29, 0.717) is 36.9 Å². The Kier molecular flexibility index (Phi) is 7.66. The van der Waals surface area contributed by atoms with Crippen LogP contribution in [0.3, 0.4) is 0 Å². The third-order valence-electron chi connectivity index (χ3n) is 5.47. The number of rotatable bonds is 7. The minimum absolute atomic E-state index is 0.244. The van der Waals surface area contributed by atoms with E-state index in [-0.39, 0.29) is 5.91 Å². The van der Waals surface area contributed by atoms with Crippen LogP contribution in [-0.2, 0) is 22.6 Å². The summed E-state index contributed by atoms with van der Waals surface area (Å²) in [6.45, 7) is 4.05. The third kappa shape index (κ3) is 5.10. The summed E-state index contributed by atoms with van der Waals surface area (Å²) in [7, 11) is 0. The van der Waals surface area contributed by atoms with E-state index >= 15 is 0 Å². The summed E-state index contributed by atoms with van der Waals surface area (Å²) in [5.74, 6) is -0.179. The Labute approximate surface area is 182 Å². The number of carbonyl (C=O) groups is 2. The molecule has 5 N–H and O–H groups in total. The van der Waals surface area contributed by atoms with Gasteiger partial charge in [-0.3, -0.25) is 14.5 Å². The molecule has 0 spiro atoms. The first-order chi connectivity index (χ1) is 14.4. The molecule has 30 heavy (non-hydrogen) atoms. The molecule has 2 atom stereocenters. The van der Waals surface area contributed by atoms with Crippen LogP contribution in [0, 0.1) is 0 Å². The molecule has 3 rings (SSSR count). The second-order valence-corrected chi connectivity index (χ2v) is 8.18. The van der Waals surface area contributed by atoms with E-state index < -0.39 is 18.0 Å². The summed E-state index contributed by atoms with van der Waals surface area (Å²) >= 11 is 6.22. The number of carbonyl (C=O) groups excluding carboxylic acids is 2. The van der Waals surface area contributed by atoms with E-state index in [1.54, 1.807) is 13.0 Å². The van der Waals surface area contributed by atoms with Crippen molar-refractivity contribution in [2.75, 3.05) is 19.6 Å². The van der Waals surface area contributed by atoms with Gasteiger partial charge in [-0.2, -0.15) is 0 Å². The van der Waals surface area contributed by atoms with Crippen LogP contribution in [-0.4, -0.2) is 53.3 Å². The van der Waals surface area contributed by atoms with Gasteiger partial charge < -0.3 is 16.8 Å². The number of likely N-dealkylation sites (tertiary alicyclic amines) is 1. The zero-order valence-corrected chi connectivity index (χ0v) is 18.1. The lowest BCUT2D eigenvalue weighted by Crippen LogP contribution is -2.53. The van der Waals surface area contributed by atoms with Crippen LogP contribution in [0.25, 0.3) is 0 Å². The van der Waals surface area contributed by atoms with Gasteiger partial charge in [-0.1, -0.05) is 29.8 Å². The molecule has 2 amide bonds. The van der Waals surface area contributed by atoms with Crippen molar-refractivity contribution in [2.45, 2.75) is 44.8 Å². The largest absolute Gasteiger partial charge is 0.368 e. The summed E-state index contributed by atoms with van der Waals surface area (Å²) in [6.07, 6.45) is 7.81. The maximum Gasteiger partial charge on any atom is 0.252 e. The molecule has 0 aliphatic carbocycles. The number of allylic oxidation sites excluding steroid dienone is 2. The summed E-state index contributed by atoms with van der Waals surface area (Å²) < 4.78 is 0. The van der Waals surface area contributed by atoms with Crippen LogP contribution in [0.15, 0.2) is 42.2 Å². The quantitative estimate of drug-likeness (QED) is 0.604. The van der Waals surface area contributed by atoms with E-state index in [2.05, 4.69) is 10.2 Å². The average Bonchev–Trinajstić information content (AvgIpc) is 3.19. The molecule has 1 fully saturated rings. The highest BCUT2D eigenvalue weighted by Gasteiger charge is 2.38. The van der Waals surface area contributed by atoms with Crippen molar-refractivity contribution >= 4 is 23.4 Å². The van der Waals surface area contributed by atoms with Crippen molar-refractivity contribution in [3.8, 4) is 0 Å². The number of hydrogen-bond acceptors (Lipinski definition) is 6. The fourth-order valence-electron chi connectivity index (χ4n) is 3.96. The number of benzene rings is 1. The Balaban J connectivity index is 1.85. The van der Waals surface area contributed by atoms with E-state index in [4.69, 9.17) is 23.1 Å². The van der Waals surface area contributed by atoms with Gasteiger partial charge in [0.2, 0.25) is 0 Å². The summed E-state index contributed by atoms with van der Waals surface area (Å²) in [5, 5.41) is 3.77. The van der Waals surface area contributed by atoms with Crippen LogP contribution >= 0.6 is 11.6 Å². The molecule has 0 radical (unpaired) electrons. The molecule has 2 heterocycles. The first kappa shape index (κ1) is 22.5. The zero-order valence-electron chi connectivity index (χ0n) is 17.3. The van der Waals surface area contributed by atoms with Gasteiger partial charge in [0.25, 0.3) is 11.8 Å². The van der Waals surface area contributed by atoms with Gasteiger partial charge >= 0.3 is 0 Å². The normalized spacial score (nSPS) is 19.9. The number of amides is 2. The monoisotopic (exact) mass is 431 g/mol. The number of nitrogens with one attached hydrogen (secondary N) is 1. The van der Waals surface area contributed by atoms with Crippen LogP contribution in [0.4, 0.5) is 0 Å². The van der Waals surface area contributed by atoms with E-state index in [9.17, 15) is 9.59 Å². The van der Waals surface area contributed by atoms with Gasteiger partial charge in [-0.05, 0) is 68.6 Å². The molecule has 1 aromatic rings. The summed E-state index contributed by atoms with van der Waals surface area (Å²) in [6, 6.07) is 4.62. The fourth-order valence-corrected chi connectivity index (χ4v) is 4.15. The Hall–Kier alpha value is -2.19. The highest BCUT2D eigenvalue weighted by molar-refractivity contribution is 6.30. The average molecular weight is 432 g/mol. The number of nitrogens with zero attached hydrogens (tertiary/aromatic N) is 2. The number of dihydropyridines is 1. The topological polar surface area (TPSA) is 105 Å². The maximum atomic E-state index is 13.5. The molecule has 2 aliphatic heterocycles. The molecule has 0 saturated carbocycles. The Morgan fingerprint density at radius 3 is 2.83 bits per heavy atom. The third-order valence-corrected chi connectivity index (χ3v) is 5.70. The van der Waals surface area contributed by atoms with E-state index in [1.165, 1.54) is 4.90 Å². The molecule has 1 aromatic carbocycles. The highest BCUT2D eigenvalue weighted by atomic mass is 35.5. The molecule has 7 nitrogen and oxygen atoms in total. The first-order valence-corrected chi connectivity index (χ1v) is 10.8. The molecule has 2 aliphatic rings. The molecular weight excluding hydrogens is 402 g/mol. The lowest BCUT2D eigenvalue weighted by molar-refractivity contribution is -0.146. The highest BCUT2D eigenvalue weighted by Crippen LogP contribution is 2.26. The number of nitrogens with two attached hydrogens (primary N) is 2. The summed E-state index contributed by atoms with van der Waals surface area (Å²) in [4.78, 5) is 29.7. The van der Waals surface area contributed by atoms with Gasteiger partial charge in [0, 0.05) is 18.1 Å². The van der Waals surface area contributed by atoms with Crippen LogP contribution in [0.1, 0.15) is 30.9 Å². The molecule has 0 aromatic heterocycles. The molecule has 0 unspecified atom stereocenters. The number of hydrogen-bond donors (Lipinski definition) is 3. The minimum Gasteiger partial charge on any atom is -0.368 e. The lowest BCUT2D eigenvalue weighted by Gasteiger charge is -2.32. The van der Waals surface area contributed by atoms with Gasteiger partial charge in [0.15, 0.2) is 0 Å². The molecule has 1 saturated heterocycles.